The molecule has 0 rings (SSSR count). The van der Waals surface area contributed by atoms with Crippen LogP contribution in [0.15, 0.2) is 0 Å². The van der Waals surface area contributed by atoms with Crippen LogP contribution in [-0.2, 0) is 18.4 Å². The summed E-state index contributed by atoms with van der Waals surface area (Å²) in [5.74, 6) is 0. The van der Waals surface area contributed by atoms with Crippen molar-refractivity contribution in [3.8, 4) is 0 Å². The summed E-state index contributed by atoms with van der Waals surface area (Å²) in [6.07, 6.45) is 3.35. The molecular weight excluding hydrogens is 227 g/mol. The maximum absolute atomic E-state index is 12.1. The first-order valence-corrected chi connectivity index (χ1v) is 7.57. The van der Waals surface area contributed by atoms with Crippen molar-refractivity contribution in [1.82, 2.24) is 0 Å². The molecule has 0 saturated carbocycles. The van der Waals surface area contributed by atoms with E-state index in [0.29, 0.717) is 13.2 Å². The number of hydrogen-bond acceptors (Lipinski definition) is 4. The lowest BCUT2D eigenvalue weighted by Gasteiger charge is -2.16. The Balaban J connectivity index is 4.37. The zero-order valence-electron chi connectivity index (χ0n) is 10.5. The summed E-state index contributed by atoms with van der Waals surface area (Å²) in [6.45, 7) is 6.40. The van der Waals surface area contributed by atoms with E-state index >= 15 is 0 Å². The third-order valence-electron chi connectivity index (χ3n) is 1.98. The lowest BCUT2D eigenvalue weighted by Crippen LogP contribution is -2.08. The van der Waals surface area contributed by atoms with E-state index in [-0.39, 0.29) is 11.9 Å². The minimum Gasteiger partial charge on any atom is -0.303 e. The summed E-state index contributed by atoms with van der Waals surface area (Å²) >= 11 is 0. The molecule has 0 bridgehead atoms. The van der Waals surface area contributed by atoms with Gasteiger partial charge in [-0.2, -0.15) is 0 Å². The van der Waals surface area contributed by atoms with E-state index in [1.54, 1.807) is 0 Å². The molecule has 0 N–H and O–H groups in total. The smallest absolute Gasteiger partial charge is 0.303 e. The normalized spacial score (nSPS) is 11.7. The molecule has 96 valence electrons. The van der Waals surface area contributed by atoms with E-state index in [9.17, 15) is 9.36 Å². The summed E-state index contributed by atoms with van der Waals surface area (Å²) in [4.78, 5) is 11.7. The second kappa shape index (κ2) is 8.91. The molecule has 0 aromatic rings. The molecule has 4 nitrogen and oxygen atoms in total. The van der Waals surface area contributed by atoms with Crippen molar-refractivity contribution in [3.63, 3.8) is 0 Å². The van der Waals surface area contributed by atoms with Crippen LogP contribution in [0.2, 0.25) is 0 Å². The minimum atomic E-state index is -3.51. The van der Waals surface area contributed by atoms with E-state index in [4.69, 9.17) is 9.05 Å². The zero-order chi connectivity index (χ0) is 12.4. The quantitative estimate of drug-likeness (QED) is 0.554. The lowest BCUT2D eigenvalue weighted by atomic mass is 10.3. The molecule has 0 amide bonds. The van der Waals surface area contributed by atoms with Crippen LogP contribution in [0.4, 0.5) is 0 Å². The molecular formula is C11H23O4P. The third kappa shape index (κ3) is 5.78. The van der Waals surface area contributed by atoms with Gasteiger partial charge in [0.05, 0.1) is 13.2 Å². The van der Waals surface area contributed by atoms with Gasteiger partial charge >= 0.3 is 7.60 Å². The van der Waals surface area contributed by atoms with E-state index in [2.05, 4.69) is 0 Å². The van der Waals surface area contributed by atoms with Gasteiger partial charge in [0, 0.05) is 6.42 Å². The van der Waals surface area contributed by atoms with Gasteiger partial charge in [0.15, 0.2) is 0 Å². The van der Waals surface area contributed by atoms with Crippen molar-refractivity contribution in [2.45, 2.75) is 52.9 Å². The fraction of sp³-hybridized carbons (Fsp3) is 0.909. The van der Waals surface area contributed by atoms with E-state index in [1.807, 2.05) is 20.8 Å². The fourth-order valence-electron chi connectivity index (χ4n) is 1.07. The Kier molecular flexibility index (Phi) is 8.81. The Morgan fingerprint density at radius 1 is 1.00 bits per heavy atom. The molecule has 0 aliphatic rings. The highest BCUT2D eigenvalue weighted by Gasteiger charge is 2.33. The van der Waals surface area contributed by atoms with Crippen LogP contribution in [0.25, 0.3) is 0 Å². The first-order valence-electron chi connectivity index (χ1n) is 6.03. The van der Waals surface area contributed by atoms with Crippen LogP contribution in [0.3, 0.4) is 0 Å². The lowest BCUT2D eigenvalue weighted by molar-refractivity contribution is -0.114. The van der Waals surface area contributed by atoms with Crippen molar-refractivity contribution >= 4 is 13.1 Å². The highest BCUT2D eigenvalue weighted by atomic mass is 31.2. The Bertz CT molecular complexity index is 228. The first-order chi connectivity index (χ1) is 7.60. The predicted octanol–water partition coefficient (Wildman–Crippen LogP) is 3.75. The summed E-state index contributed by atoms with van der Waals surface area (Å²) in [7, 11) is -3.51. The molecule has 0 aliphatic heterocycles. The molecule has 0 aromatic heterocycles. The SMILES string of the molecule is CCCCC(=O)P(=O)(OCCC)OCCC. The standard InChI is InChI=1S/C11H23O4P/c1-4-7-8-11(12)16(13,14-9-5-2)15-10-6-3/h4-10H2,1-3H3. The molecule has 0 spiro atoms. The van der Waals surface area contributed by atoms with Gasteiger partial charge in [-0.3, -0.25) is 9.36 Å². The van der Waals surface area contributed by atoms with Crippen LogP contribution in [0, 0.1) is 0 Å². The maximum Gasteiger partial charge on any atom is 0.396 e. The largest absolute Gasteiger partial charge is 0.396 e. The predicted molar refractivity (Wildman–Crippen MR) is 64.6 cm³/mol. The van der Waals surface area contributed by atoms with Gasteiger partial charge in [-0.25, -0.2) is 0 Å². The highest BCUT2D eigenvalue weighted by Crippen LogP contribution is 2.50. The number of carbonyl (C=O) groups is 1. The van der Waals surface area contributed by atoms with Crippen LogP contribution in [0.5, 0.6) is 0 Å². The number of hydrogen-bond donors (Lipinski definition) is 0. The molecule has 0 atom stereocenters. The Morgan fingerprint density at radius 2 is 1.50 bits per heavy atom. The minimum absolute atomic E-state index is 0.279. The van der Waals surface area contributed by atoms with Crippen molar-refractivity contribution in [3.05, 3.63) is 0 Å². The Labute approximate surface area is 98.2 Å². The van der Waals surface area contributed by atoms with Crippen LogP contribution in [0.1, 0.15) is 52.9 Å². The summed E-state index contributed by atoms with van der Waals surface area (Å²) in [6, 6.07) is 0. The van der Waals surface area contributed by atoms with Gasteiger partial charge in [0.2, 0.25) is 5.52 Å². The van der Waals surface area contributed by atoms with Crippen molar-refractivity contribution in [2.75, 3.05) is 13.2 Å². The maximum atomic E-state index is 12.1. The molecule has 0 radical (unpaired) electrons. The van der Waals surface area contributed by atoms with Gasteiger partial charge in [-0.05, 0) is 19.3 Å². The van der Waals surface area contributed by atoms with Crippen LogP contribution in [-0.4, -0.2) is 18.7 Å². The van der Waals surface area contributed by atoms with Gasteiger partial charge < -0.3 is 9.05 Å². The molecule has 0 heterocycles. The van der Waals surface area contributed by atoms with Crippen molar-refractivity contribution < 1.29 is 18.4 Å². The number of rotatable bonds is 10. The van der Waals surface area contributed by atoms with Gasteiger partial charge in [0.1, 0.15) is 0 Å². The highest BCUT2D eigenvalue weighted by molar-refractivity contribution is 7.71. The molecule has 0 aromatic carbocycles. The average molecular weight is 250 g/mol. The Morgan fingerprint density at radius 3 is 1.88 bits per heavy atom. The molecule has 0 saturated heterocycles. The van der Waals surface area contributed by atoms with Gasteiger partial charge in [0.25, 0.3) is 0 Å². The molecule has 0 unspecified atom stereocenters. The van der Waals surface area contributed by atoms with Crippen molar-refractivity contribution in [1.29, 1.82) is 0 Å². The number of unbranched alkanes of at least 4 members (excludes halogenated alkanes) is 1. The second-order valence-electron chi connectivity index (χ2n) is 3.66. The fourth-order valence-corrected chi connectivity index (χ4v) is 2.71. The summed E-state index contributed by atoms with van der Waals surface area (Å²) < 4.78 is 22.4. The molecule has 0 fully saturated rings. The van der Waals surface area contributed by atoms with E-state index in [1.165, 1.54) is 0 Å². The zero-order valence-corrected chi connectivity index (χ0v) is 11.4. The molecule has 5 heteroatoms. The Hall–Kier alpha value is -0.180. The first kappa shape index (κ1) is 15.8. The topological polar surface area (TPSA) is 52.6 Å². The molecule has 0 aliphatic carbocycles. The average Bonchev–Trinajstić information content (AvgIpc) is 2.30. The molecule has 16 heavy (non-hydrogen) atoms. The van der Waals surface area contributed by atoms with Gasteiger partial charge in [-0.1, -0.05) is 27.2 Å². The van der Waals surface area contributed by atoms with Crippen LogP contribution >= 0.6 is 7.60 Å². The van der Waals surface area contributed by atoms with Gasteiger partial charge in [-0.15, -0.1) is 0 Å². The second-order valence-corrected chi connectivity index (χ2v) is 5.67. The monoisotopic (exact) mass is 250 g/mol. The number of carbonyl (C=O) groups excluding carboxylic acids is 1. The van der Waals surface area contributed by atoms with Crippen LogP contribution < -0.4 is 0 Å². The summed E-state index contributed by atoms with van der Waals surface area (Å²) in [5.41, 5.74) is -0.378. The third-order valence-corrected chi connectivity index (χ3v) is 3.86. The van der Waals surface area contributed by atoms with Crippen molar-refractivity contribution in [2.24, 2.45) is 0 Å². The van der Waals surface area contributed by atoms with E-state index in [0.717, 1.165) is 25.7 Å². The van der Waals surface area contributed by atoms with E-state index < -0.39 is 7.60 Å². The summed E-state index contributed by atoms with van der Waals surface area (Å²) in [5, 5.41) is 0.